The second-order valence-corrected chi connectivity index (χ2v) is 12.9. The van der Waals surface area contributed by atoms with Crippen molar-refractivity contribution >= 4 is 23.1 Å². The number of amides is 2. The Morgan fingerprint density at radius 2 is 1.04 bits per heavy atom. The molecule has 2 unspecified atom stereocenters. The van der Waals surface area contributed by atoms with E-state index in [0.29, 0.717) is 28.0 Å². The van der Waals surface area contributed by atoms with E-state index >= 15 is 0 Å². The summed E-state index contributed by atoms with van der Waals surface area (Å²) >= 11 is 0. The lowest BCUT2D eigenvalue weighted by Gasteiger charge is -2.15. The number of aryl methyl sites for hydroxylation is 4. The molecule has 3 N–H and O–H groups in total. The van der Waals surface area contributed by atoms with Gasteiger partial charge < -0.3 is 24.5 Å². The molecule has 0 bridgehead atoms. The first kappa shape index (κ1) is 41.5. The van der Waals surface area contributed by atoms with Crippen LogP contribution < -0.4 is 10.6 Å². The van der Waals surface area contributed by atoms with E-state index in [1.165, 1.54) is 5.56 Å². The quantitative estimate of drug-likeness (QED) is 0.150. The van der Waals surface area contributed by atoms with E-state index < -0.39 is 0 Å². The average Bonchev–Trinajstić information content (AvgIpc) is 3.82. The zero-order valence-corrected chi connectivity index (χ0v) is 33.7. The summed E-state index contributed by atoms with van der Waals surface area (Å²) in [5, 5.41) is 15.9. The summed E-state index contributed by atoms with van der Waals surface area (Å²) in [7, 11) is 0. The number of aromatic nitrogens is 4. The van der Waals surface area contributed by atoms with Crippen LogP contribution >= 0.6 is 0 Å². The van der Waals surface area contributed by atoms with Crippen LogP contribution in [-0.4, -0.2) is 35.7 Å². The van der Waals surface area contributed by atoms with Crippen molar-refractivity contribution in [3.8, 4) is 16.9 Å². The molecule has 0 spiro atoms. The molecule has 4 heterocycles. The minimum absolute atomic E-state index is 0. The molecule has 4 aromatic heterocycles. The highest BCUT2D eigenvalue weighted by molar-refractivity contribution is 6.01. The molecule has 3 aromatic carbocycles. The van der Waals surface area contributed by atoms with Crippen molar-refractivity contribution in [3.05, 3.63) is 161 Å². The number of hydrogen-bond donors (Lipinski definition) is 3. The van der Waals surface area contributed by atoms with Gasteiger partial charge in [-0.1, -0.05) is 100 Å². The third-order valence-corrected chi connectivity index (χ3v) is 8.98. The Kier molecular flexibility index (Phi) is 14.5. The van der Waals surface area contributed by atoms with Crippen LogP contribution in [0, 0.1) is 27.7 Å². The van der Waals surface area contributed by atoms with Crippen LogP contribution in [0.2, 0.25) is 0 Å². The van der Waals surface area contributed by atoms with E-state index in [4.69, 9.17) is 0 Å². The zero-order valence-electron chi connectivity index (χ0n) is 33.7. The fraction of sp³-hybridized carbons (Fsp3) is 0.261. The molecule has 2 amide bonds. The standard InChI is InChI=1S/C24H23N3O.C18H19N3O2.2C2H6.2H2/c1-16-15-17(2)27-14-13-22(23(27)25-16)24(28)26-18(3)19-9-11-21(12-10-19)20-7-5-4-6-8-20;1-11-10-12(2)21-9-8-15(17(21)19-11)18(23)20-13(3)14-6-4-5-7-16(14)22;2*1-2;;/h4-15,18H,1-3H3,(H,26,28);4-10,13,22H,1-3H3,(H,20,23);2*1-2H3;2*1H. The van der Waals surface area contributed by atoms with Gasteiger partial charge in [0.2, 0.25) is 0 Å². The second kappa shape index (κ2) is 19.2. The van der Waals surface area contributed by atoms with E-state index in [9.17, 15) is 14.7 Å². The number of nitrogens with one attached hydrogen (secondary N) is 2. The van der Waals surface area contributed by atoms with Crippen molar-refractivity contribution in [1.82, 2.24) is 29.4 Å². The molecule has 9 heteroatoms. The number of benzene rings is 3. The number of nitrogens with zero attached hydrogens (tertiary/aromatic N) is 4. The number of rotatable bonds is 7. The molecule has 290 valence electrons. The number of hydrogen-bond acceptors (Lipinski definition) is 5. The summed E-state index contributed by atoms with van der Waals surface area (Å²) in [6.45, 7) is 19.7. The molecule has 0 aliphatic heterocycles. The molecule has 2 atom stereocenters. The van der Waals surface area contributed by atoms with Gasteiger partial charge in [-0.15, -0.1) is 0 Å². The SMILES string of the molecule is CC.CC.Cc1cc(C)n2ccc(C(=O)NC(C)c3ccc(-c4ccccc4)cc3)c2n1.Cc1cc(C)n2ccc(C(=O)NC(C)c3ccccc3O)c2n1.[HH].[HH]. The average molecular weight is 743 g/mol. The summed E-state index contributed by atoms with van der Waals surface area (Å²) in [6.07, 6.45) is 3.74. The number of aromatic hydroxyl groups is 1. The molecule has 0 radical (unpaired) electrons. The molecule has 7 aromatic rings. The summed E-state index contributed by atoms with van der Waals surface area (Å²) in [5.41, 5.74) is 10.4. The lowest BCUT2D eigenvalue weighted by Crippen LogP contribution is -2.26. The molecule has 0 saturated carbocycles. The Bertz CT molecular complexity index is 2350. The lowest BCUT2D eigenvalue weighted by atomic mass is 10.0. The van der Waals surface area contributed by atoms with Gasteiger partial charge in [-0.2, -0.15) is 0 Å². The monoisotopic (exact) mass is 742 g/mol. The van der Waals surface area contributed by atoms with Crippen LogP contribution in [0.3, 0.4) is 0 Å². The number of phenolic OH excluding ortho intramolecular Hbond substituents is 1. The second-order valence-electron chi connectivity index (χ2n) is 12.9. The summed E-state index contributed by atoms with van der Waals surface area (Å²) < 4.78 is 3.84. The van der Waals surface area contributed by atoms with E-state index in [1.54, 1.807) is 24.3 Å². The predicted molar refractivity (Wildman–Crippen MR) is 228 cm³/mol. The van der Waals surface area contributed by atoms with Crippen molar-refractivity contribution in [3.63, 3.8) is 0 Å². The van der Waals surface area contributed by atoms with Gasteiger partial charge >= 0.3 is 0 Å². The number of carbonyl (C=O) groups is 2. The van der Waals surface area contributed by atoms with Crippen molar-refractivity contribution in [2.24, 2.45) is 0 Å². The van der Waals surface area contributed by atoms with Crippen LogP contribution in [0.1, 0.15) is 111 Å². The summed E-state index contributed by atoms with van der Waals surface area (Å²) in [5.74, 6) is -0.146. The van der Waals surface area contributed by atoms with Gasteiger partial charge in [0.15, 0.2) is 0 Å². The summed E-state index contributed by atoms with van der Waals surface area (Å²) in [6, 6.07) is 32.8. The van der Waals surface area contributed by atoms with Gasteiger partial charge in [0.1, 0.15) is 17.0 Å². The largest absolute Gasteiger partial charge is 0.508 e. The molecular formula is C46H58N6O3. The Balaban J connectivity index is 0.000000356. The third kappa shape index (κ3) is 9.86. The fourth-order valence-electron chi connectivity index (χ4n) is 6.30. The van der Waals surface area contributed by atoms with Gasteiger partial charge in [0.05, 0.1) is 23.2 Å². The van der Waals surface area contributed by atoms with Crippen LogP contribution in [-0.2, 0) is 0 Å². The fourth-order valence-corrected chi connectivity index (χ4v) is 6.30. The molecular weight excluding hydrogens is 685 g/mol. The Hall–Kier alpha value is -6.22. The first-order valence-electron chi connectivity index (χ1n) is 19.0. The highest BCUT2D eigenvalue weighted by atomic mass is 16.3. The molecule has 0 aliphatic carbocycles. The lowest BCUT2D eigenvalue weighted by molar-refractivity contribution is 0.0932. The molecule has 55 heavy (non-hydrogen) atoms. The van der Waals surface area contributed by atoms with E-state index in [-0.39, 0.29) is 32.5 Å². The Labute approximate surface area is 328 Å². The zero-order chi connectivity index (χ0) is 40.2. The van der Waals surface area contributed by atoms with Crippen molar-refractivity contribution in [2.75, 3.05) is 0 Å². The topological polar surface area (TPSA) is 113 Å². The van der Waals surface area contributed by atoms with E-state index in [1.807, 2.05) is 133 Å². The van der Waals surface area contributed by atoms with E-state index in [0.717, 1.165) is 33.9 Å². The third-order valence-electron chi connectivity index (χ3n) is 8.98. The van der Waals surface area contributed by atoms with Gasteiger partial charge in [-0.05, 0) is 88.6 Å². The van der Waals surface area contributed by atoms with Crippen LogP contribution in [0.15, 0.2) is 116 Å². The molecule has 0 saturated heterocycles. The maximum Gasteiger partial charge on any atom is 0.255 e. The van der Waals surface area contributed by atoms with Crippen molar-refractivity contribution in [2.45, 2.75) is 81.3 Å². The van der Waals surface area contributed by atoms with Crippen LogP contribution in [0.5, 0.6) is 5.75 Å². The summed E-state index contributed by atoms with van der Waals surface area (Å²) in [4.78, 5) is 34.5. The maximum absolute atomic E-state index is 12.9. The number of phenols is 1. The molecule has 7 rings (SSSR count). The highest BCUT2D eigenvalue weighted by Crippen LogP contribution is 2.25. The number of fused-ring (bicyclic) bond motifs is 2. The van der Waals surface area contributed by atoms with Crippen molar-refractivity contribution in [1.29, 1.82) is 0 Å². The van der Waals surface area contributed by atoms with Gasteiger partial charge in [-0.25, -0.2) is 9.97 Å². The number of para-hydroxylation sites is 1. The minimum Gasteiger partial charge on any atom is -0.508 e. The first-order chi connectivity index (χ1) is 26.5. The smallest absolute Gasteiger partial charge is 0.255 e. The molecule has 0 fully saturated rings. The number of carbonyl (C=O) groups excluding carboxylic acids is 2. The van der Waals surface area contributed by atoms with Gasteiger partial charge in [0.25, 0.3) is 11.8 Å². The highest BCUT2D eigenvalue weighted by Gasteiger charge is 2.19. The Morgan fingerprint density at radius 1 is 0.600 bits per heavy atom. The normalized spacial score (nSPS) is 11.5. The van der Waals surface area contributed by atoms with Crippen molar-refractivity contribution < 1.29 is 17.5 Å². The van der Waals surface area contributed by atoms with Crippen LogP contribution in [0.25, 0.3) is 22.4 Å². The van der Waals surface area contributed by atoms with E-state index in [2.05, 4.69) is 57.0 Å². The Morgan fingerprint density at radius 3 is 1.53 bits per heavy atom. The molecule has 0 aliphatic rings. The van der Waals surface area contributed by atoms with Gasteiger partial charge in [-0.3, -0.25) is 9.59 Å². The maximum atomic E-state index is 12.9. The first-order valence-corrected chi connectivity index (χ1v) is 19.0. The molecule has 9 nitrogen and oxygen atoms in total. The predicted octanol–water partition coefficient (Wildman–Crippen LogP) is 10.8. The minimum atomic E-state index is -0.301. The van der Waals surface area contributed by atoms with Crippen LogP contribution in [0.4, 0.5) is 0 Å². The van der Waals surface area contributed by atoms with Gasteiger partial charge in [0, 0.05) is 43.6 Å².